The predicted molar refractivity (Wildman–Crippen MR) is 81.0 cm³/mol. The van der Waals surface area contributed by atoms with Gasteiger partial charge in [0.15, 0.2) is 11.6 Å². The van der Waals surface area contributed by atoms with E-state index in [9.17, 15) is 23.2 Å². The first kappa shape index (κ1) is 18.0. The number of nitrogens with one attached hydrogen (secondary N) is 1. The molecule has 130 valence electrons. The zero-order valence-corrected chi connectivity index (χ0v) is 13.3. The fourth-order valence-electron chi connectivity index (χ4n) is 2.90. The molecule has 0 radical (unpaired) electrons. The van der Waals surface area contributed by atoms with Crippen molar-refractivity contribution in [3.63, 3.8) is 0 Å². The Morgan fingerprint density at radius 2 is 2.08 bits per heavy atom. The van der Waals surface area contributed by atoms with Crippen molar-refractivity contribution in [2.24, 2.45) is 5.92 Å². The van der Waals surface area contributed by atoms with Crippen LogP contribution in [0.3, 0.4) is 0 Å². The lowest BCUT2D eigenvalue weighted by atomic mass is 9.83. The summed E-state index contributed by atoms with van der Waals surface area (Å²) in [6.45, 7) is 0. The van der Waals surface area contributed by atoms with Gasteiger partial charge in [-0.1, -0.05) is 6.07 Å². The van der Waals surface area contributed by atoms with Gasteiger partial charge in [-0.2, -0.15) is 0 Å². The van der Waals surface area contributed by atoms with Crippen molar-refractivity contribution in [3.05, 3.63) is 35.4 Å². The van der Waals surface area contributed by atoms with E-state index in [1.54, 1.807) is 0 Å². The van der Waals surface area contributed by atoms with E-state index in [4.69, 9.17) is 4.74 Å². The van der Waals surface area contributed by atoms with E-state index in [0.29, 0.717) is 19.3 Å². The summed E-state index contributed by atoms with van der Waals surface area (Å²) in [7, 11) is 1.21. The van der Waals surface area contributed by atoms with Gasteiger partial charge in [0.2, 0.25) is 5.91 Å². The van der Waals surface area contributed by atoms with E-state index >= 15 is 0 Å². The van der Waals surface area contributed by atoms with Gasteiger partial charge in [-0.05, 0) is 36.5 Å². The highest BCUT2D eigenvalue weighted by molar-refractivity contribution is 5.87. The normalized spacial score (nSPS) is 18.8. The average molecular weight is 339 g/mol. The molecule has 1 aromatic carbocycles. The molecule has 7 heteroatoms. The molecule has 2 rings (SSSR count). The molecule has 1 N–H and O–H groups in total. The maximum atomic E-state index is 13.2. The topological polar surface area (TPSA) is 72.5 Å². The number of ketones is 1. The second kappa shape index (κ2) is 7.99. The highest BCUT2D eigenvalue weighted by Crippen LogP contribution is 2.25. The minimum Gasteiger partial charge on any atom is -0.467 e. The lowest BCUT2D eigenvalue weighted by molar-refractivity contribution is -0.147. The van der Waals surface area contributed by atoms with Gasteiger partial charge in [0.25, 0.3) is 0 Å². The second-order valence-corrected chi connectivity index (χ2v) is 5.89. The number of benzene rings is 1. The number of esters is 1. The maximum absolute atomic E-state index is 13.2. The van der Waals surface area contributed by atoms with Gasteiger partial charge in [0.1, 0.15) is 11.8 Å². The fraction of sp³-hybridized carbons (Fsp3) is 0.471. The van der Waals surface area contributed by atoms with Crippen molar-refractivity contribution < 1.29 is 27.9 Å². The summed E-state index contributed by atoms with van der Waals surface area (Å²) in [6, 6.07) is 2.26. The summed E-state index contributed by atoms with van der Waals surface area (Å²) in [6.07, 6.45) is 1.79. The van der Waals surface area contributed by atoms with Crippen LogP contribution in [0.1, 0.15) is 31.2 Å². The number of amides is 1. The molecule has 0 aromatic heterocycles. The van der Waals surface area contributed by atoms with Crippen LogP contribution in [0.4, 0.5) is 8.78 Å². The van der Waals surface area contributed by atoms with Crippen LogP contribution in [-0.4, -0.2) is 30.8 Å². The Morgan fingerprint density at radius 3 is 2.71 bits per heavy atom. The molecular weight excluding hydrogens is 320 g/mol. The number of rotatable bonds is 5. The number of hydrogen-bond acceptors (Lipinski definition) is 4. The highest BCUT2D eigenvalue weighted by atomic mass is 19.2. The molecule has 1 aliphatic carbocycles. The first-order valence-corrected chi connectivity index (χ1v) is 7.73. The van der Waals surface area contributed by atoms with Crippen molar-refractivity contribution >= 4 is 17.7 Å². The highest BCUT2D eigenvalue weighted by Gasteiger charge is 2.34. The molecule has 0 unspecified atom stereocenters. The summed E-state index contributed by atoms with van der Waals surface area (Å²) in [5, 5.41) is 2.56. The SMILES string of the molecule is COC(=O)[C@@H](NC(=O)Cc1ccc(F)c(F)c1)[C@@H]1CCCC(=O)C1. The number of methoxy groups -OCH3 is 1. The van der Waals surface area contributed by atoms with E-state index in [2.05, 4.69) is 5.32 Å². The van der Waals surface area contributed by atoms with Crippen LogP contribution in [0, 0.1) is 17.6 Å². The van der Waals surface area contributed by atoms with Crippen LogP contribution >= 0.6 is 0 Å². The zero-order chi connectivity index (χ0) is 17.7. The molecule has 1 aromatic rings. The van der Waals surface area contributed by atoms with E-state index < -0.39 is 29.6 Å². The summed E-state index contributed by atoms with van der Waals surface area (Å²) in [4.78, 5) is 35.7. The third-order valence-electron chi connectivity index (χ3n) is 4.11. The number of carbonyl (C=O) groups excluding carboxylic acids is 3. The largest absolute Gasteiger partial charge is 0.467 e. The molecule has 0 aliphatic heterocycles. The molecule has 1 aliphatic rings. The van der Waals surface area contributed by atoms with Crippen LogP contribution in [0.15, 0.2) is 18.2 Å². The van der Waals surface area contributed by atoms with Gasteiger partial charge in [0, 0.05) is 12.8 Å². The summed E-state index contributed by atoms with van der Waals surface area (Å²) < 4.78 is 30.8. The zero-order valence-electron chi connectivity index (χ0n) is 13.3. The second-order valence-electron chi connectivity index (χ2n) is 5.89. The Kier molecular flexibility index (Phi) is 6.00. The first-order valence-electron chi connectivity index (χ1n) is 7.73. The third kappa shape index (κ3) is 4.59. The van der Waals surface area contributed by atoms with Crippen LogP contribution < -0.4 is 5.32 Å². The average Bonchev–Trinajstić information content (AvgIpc) is 2.55. The minimum atomic E-state index is -1.04. The van der Waals surface area contributed by atoms with Crippen LogP contribution in [-0.2, 0) is 25.5 Å². The molecule has 5 nitrogen and oxygen atoms in total. The van der Waals surface area contributed by atoms with Crippen molar-refractivity contribution in [2.75, 3.05) is 7.11 Å². The monoisotopic (exact) mass is 339 g/mol. The van der Waals surface area contributed by atoms with Crippen molar-refractivity contribution in [1.82, 2.24) is 5.32 Å². The number of Topliss-reactive ketones (excluding diaryl/α,β-unsaturated/α-hetero) is 1. The Balaban J connectivity index is 2.05. The Hall–Kier alpha value is -2.31. The lowest BCUT2D eigenvalue weighted by Gasteiger charge is -2.28. The molecule has 1 fully saturated rings. The number of ether oxygens (including phenoxy) is 1. The van der Waals surface area contributed by atoms with Gasteiger partial charge in [-0.15, -0.1) is 0 Å². The van der Waals surface area contributed by atoms with Crippen molar-refractivity contribution in [2.45, 2.75) is 38.1 Å². The lowest BCUT2D eigenvalue weighted by Crippen LogP contribution is -2.48. The van der Waals surface area contributed by atoms with E-state index in [0.717, 1.165) is 12.1 Å². The molecule has 0 spiro atoms. The summed E-state index contributed by atoms with van der Waals surface area (Å²) in [5.74, 6) is -3.43. The van der Waals surface area contributed by atoms with E-state index in [1.165, 1.54) is 13.2 Å². The Morgan fingerprint density at radius 1 is 1.33 bits per heavy atom. The molecule has 0 heterocycles. The number of halogens is 2. The van der Waals surface area contributed by atoms with E-state index in [1.807, 2.05) is 0 Å². The van der Waals surface area contributed by atoms with Gasteiger partial charge in [0.05, 0.1) is 13.5 Å². The molecule has 1 saturated carbocycles. The number of hydrogen-bond donors (Lipinski definition) is 1. The minimum absolute atomic E-state index is 0.0509. The fourth-order valence-corrected chi connectivity index (χ4v) is 2.90. The van der Waals surface area contributed by atoms with Gasteiger partial charge in [-0.3, -0.25) is 9.59 Å². The van der Waals surface area contributed by atoms with Crippen molar-refractivity contribution in [3.8, 4) is 0 Å². The van der Waals surface area contributed by atoms with Gasteiger partial charge >= 0.3 is 5.97 Å². The van der Waals surface area contributed by atoms with Crippen molar-refractivity contribution in [1.29, 1.82) is 0 Å². The molecule has 0 saturated heterocycles. The Labute approximate surface area is 138 Å². The van der Waals surface area contributed by atoms with Crippen LogP contribution in [0.2, 0.25) is 0 Å². The Bertz CT molecular complexity index is 647. The van der Waals surface area contributed by atoms with E-state index in [-0.39, 0.29) is 30.1 Å². The third-order valence-corrected chi connectivity index (χ3v) is 4.11. The summed E-state index contributed by atoms with van der Waals surface area (Å²) in [5.41, 5.74) is 0.287. The standard InChI is InChI=1S/C17H19F2NO4/c1-24-17(23)16(11-3-2-4-12(21)9-11)20-15(22)8-10-5-6-13(18)14(19)7-10/h5-7,11,16H,2-4,8-9H2,1H3,(H,20,22)/t11-,16+/m1/s1. The molecule has 24 heavy (non-hydrogen) atoms. The quantitative estimate of drug-likeness (QED) is 0.832. The van der Waals surface area contributed by atoms with Gasteiger partial charge < -0.3 is 10.1 Å². The van der Waals surface area contributed by atoms with Crippen LogP contribution in [0.5, 0.6) is 0 Å². The van der Waals surface area contributed by atoms with Crippen LogP contribution in [0.25, 0.3) is 0 Å². The molecular formula is C17H19F2NO4. The number of carbonyl (C=O) groups is 3. The smallest absolute Gasteiger partial charge is 0.328 e. The molecule has 0 bridgehead atoms. The first-order chi connectivity index (χ1) is 11.4. The maximum Gasteiger partial charge on any atom is 0.328 e. The summed E-state index contributed by atoms with van der Waals surface area (Å²) >= 11 is 0. The molecule has 2 atom stereocenters. The van der Waals surface area contributed by atoms with Gasteiger partial charge in [-0.25, -0.2) is 13.6 Å². The predicted octanol–water partition coefficient (Wildman–Crippen LogP) is 1.92. The molecule has 1 amide bonds.